The van der Waals surface area contributed by atoms with Crippen LogP contribution in [0, 0.1) is 6.92 Å². The van der Waals surface area contributed by atoms with E-state index in [9.17, 15) is 14.4 Å². The van der Waals surface area contributed by atoms with Crippen molar-refractivity contribution in [1.29, 1.82) is 0 Å². The van der Waals surface area contributed by atoms with Crippen molar-refractivity contribution in [3.05, 3.63) is 64.2 Å². The van der Waals surface area contributed by atoms with Crippen LogP contribution in [0.1, 0.15) is 39.1 Å². The fourth-order valence-corrected chi connectivity index (χ4v) is 2.38. The summed E-state index contributed by atoms with van der Waals surface area (Å²) in [6.45, 7) is 1.93. The maximum Gasteiger partial charge on any atom is 0.273 e. The van der Waals surface area contributed by atoms with Gasteiger partial charge in [0.25, 0.3) is 5.91 Å². The zero-order valence-corrected chi connectivity index (χ0v) is 15.2. The molecule has 7 heteroatoms. The summed E-state index contributed by atoms with van der Waals surface area (Å²) in [5, 5.41) is 0.428. The summed E-state index contributed by atoms with van der Waals surface area (Å²) in [6, 6.07) is 11.7. The highest BCUT2D eigenvalue weighted by Crippen LogP contribution is 2.22. The van der Waals surface area contributed by atoms with E-state index in [2.05, 4.69) is 10.9 Å². The van der Waals surface area contributed by atoms with E-state index in [1.54, 1.807) is 18.2 Å². The van der Waals surface area contributed by atoms with Crippen molar-refractivity contribution < 1.29 is 19.1 Å². The Morgan fingerprint density at radius 1 is 1.00 bits per heavy atom. The molecule has 2 aromatic carbocycles. The Hall–Kier alpha value is -2.86. The van der Waals surface area contributed by atoms with Crippen LogP contribution in [-0.2, 0) is 4.79 Å². The van der Waals surface area contributed by atoms with Gasteiger partial charge >= 0.3 is 0 Å². The van der Waals surface area contributed by atoms with Crippen LogP contribution < -0.4 is 15.6 Å². The molecule has 2 N–H and O–H groups in total. The Morgan fingerprint density at radius 2 is 1.69 bits per heavy atom. The number of carbonyl (C=O) groups excluding carboxylic acids is 3. The average molecular weight is 375 g/mol. The number of amides is 2. The van der Waals surface area contributed by atoms with E-state index in [0.717, 1.165) is 5.56 Å². The van der Waals surface area contributed by atoms with Gasteiger partial charge in [0, 0.05) is 23.4 Å². The second-order valence-corrected chi connectivity index (χ2v) is 6.07. The molecule has 0 unspecified atom stereocenters. The molecule has 0 heterocycles. The van der Waals surface area contributed by atoms with Gasteiger partial charge < -0.3 is 4.74 Å². The number of Topliss-reactive ketones (excluding diaryl/α,β-unsaturated/α-hetero) is 1. The van der Waals surface area contributed by atoms with Crippen LogP contribution in [0.5, 0.6) is 5.75 Å². The van der Waals surface area contributed by atoms with E-state index in [1.807, 2.05) is 19.1 Å². The van der Waals surface area contributed by atoms with Gasteiger partial charge in [0.1, 0.15) is 5.75 Å². The molecule has 0 atom stereocenters. The summed E-state index contributed by atoms with van der Waals surface area (Å²) in [6.07, 6.45) is 0.0137. The van der Waals surface area contributed by atoms with Crippen LogP contribution in [-0.4, -0.2) is 24.7 Å². The van der Waals surface area contributed by atoms with Gasteiger partial charge in [-0.3, -0.25) is 25.2 Å². The largest absolute Gasteiger partial charge is 0.496 e. The summed E-state index contributed by atoms with van der Waals surface area (Å²) in [5.41, 5.74) is 6.41. The molecule has 0 bridgehead atoms. The van der Waals surface area contributed by atoms with Crippen molar-refractivity contribution in [2.75, 3.05) is 7.11 Å². The third-order valence-electron chi connectivity index (χ3n) is 3.68. The maximum atomic E-state index is 12.1. The first-order chi connectivity index (χ1) is 12.4. The van der Waals surface area contributed by atoms with E-state index in [1.165, 1.54) is 19.2 Å². The number of ketones is 1. The van der Waals surface area contributed by atoms with Gasteiger partial charge in [-0.2, -0.15) is 0 Å². The topological polar surface area (TPSA) is 84.5 Å². The molecule has 26 heavy (non-hydrogen) atoms. The number of rotatable bonds is 6. The monoisotopic (exact) mass is 374 g/mol. The second kappa shape index (κ2) is 9.01. The summed E-state index contributed by atoms with van der Waals surface area (Å²) in [5.74, 6) is -0.854. The van der Waals surface area contributed by atoms with Crippen LogP contribution in [0.4, 0.5) is 0 Å². The highest BCUT2D eigenvalue weighted by molar-refractivity contribution is 6.30. The Kier molecular flexibility index (Phi) is 6.74. The smallest absolute Gasteiger partial charge is 0.273 e. The Morgan fingerprint density at radius 3 is 2.35 bits per heavy atom. The van der Waals surface area contributed by atoms with Crippen molar-refractivity contribution in [2.24, 2.45) is 0 Å². The third-order valence-corrected chi connectivity index (χ3v) is 3.91. The minimum absolute atomic E-state index is 0.0370. The normalized spacial score (nSPS) is 10.1. The maximum absolute atomic E-state index is 12.1. The molecule has 0 fully saturated rings. The number of hydrazine groups is 1. The van der Waals surface area contributed by atoms with Gasteiger partial charge in [-0.15, -0.1) is 0 Å². The molecule has 2 rings (SSSR count). The molecule has 2 aromatic rings. The lowest BCUT2D eigenvalue weighted by atomic mass is 10.1. The lowest BCUT2D eigenvalue weighted by Gasteiger charge is -2.10. The van der Waals surface area contributed by atoms with Crippen molar-refractivity contribution >= 4 is 29.2 Å². The van der Waals surface area contributed by atoms with Crippen LogP contribution >= 0.6 is 11.6 Å². The van der Waals surface area contributed by atoms with Crippen molar-refractivity contribution in [2.45, 2.75) is 19.8 Å². The zero-order chi connectivity index (χ0) is 19.1. The van der Waals surface area contributed by atoms with E-state index in [4.69, 9.17) is 16.3 Å². The van der Waals surface area contributed by atoms with Gasteiger partial charge in [0.05, 0.1) is 12.7 Å². The number of ether oxygens (including phenoxy) is 1. The predicted octanol–water partition coefficient (Wildman–Crippen LogP) is 3.08. The summed E-state index contributed by atoms with van der Waals surface area (Å²) >= 11 is 5.84. The minimum atomic E-state index is -0.545. The molecule has 2 amide bonds. The molecular weight excluding hydrogens is 356 g/mol. The van der Waals surface area contributed by atoms with Gasteiger partial charge in [0.15, 0.2) is 5.78 Å². The number of nitrogens with one attached hydrogen (secondary N) is 2. The molecule has 0 radical (unpaired) electrons. The lowest BCUT2D eigenvalue weighted by Crippen LogP contribution is -2.41. The minimum Gasteiger partial charge on any atom is -0.496 e. The predicted molar refractivity (Wildman–Crippen MR) is 98.4 cm³/mol. The molecule has 0 saturated heterocycles. The number of methoxy groups -OCH3 is 1. The van der Waals surface area contributed by atoms with E-state index < -0.39 is 11.8 Å². The molecule has 0 aromatic heterocycles. The molecular formula is C19H19ClN2O4. The van der Waals surface area contributed by atoms with Gasteiger partial charge in [0.2, 0.25) is 5.91 Å². The van der Waals surface area contributed by atoms with Gasteiger partial charge in [-0.1, -0.05) is 41.4 Å². The fourth-order valence-electron chi connectivity index (χ4n) is 2.22. The third kappa shape index (κ3) is 5.32. The quantitative estimate of drug-likeness (QED) is 0.601. The first kappa shape index (κ1) is 19.5. The molecule has 136 valence electrons. The Balaban J connectivity index is 1.84. The van der Waals surface area contributed by atoms with Crippen LogP contribution in [0.25, 0.3) is 0 Å². The molecule has 6 nitrogen and oxygen atoms in total. The van der Waals surface area contributed by atoms with Crippen LogP contribution in [0.3, 0.4) is 0 Å². The molecule has 0 aliphatic rings. The standard InChI is InChI=1S/C19H19ClN2O4/c1-12-3-5-13(6-4-12)16(23)9-10-18(24)21-22-19(25)15-8-7-14(20)11-17(15)26-2/h3-8,11H,9-10H2,1-2H3,(H,21,24)(H,22,25). The molecule has 0 aliphatic heterocycles. The number of carbonyl (C=O) groups is 3. The van der Waals surface area contributed by atoms with E-state index in [0.29, 0.717) is 16.3 Å². The van der Waals surface area contributed by atoms with Crippen LogP contribution in [0.15, 0.2) is 42.5 Å². The zero-order valence-electron chi connectivity index (χ0n) is 14.5. The van der Waals surface area contributed by atoms with Gasteiger partial charge in [-0.25, -0.2) is 0 Å². The summed E-state index contributed by atoms with van der Waals surface area (Å²) < 4.78 is 5.09. The second-order valence-electron chi connectivity index (χ2n) is 5.64. The van der Waals surface area contributed by atoms with Crippen molar-refractivity contribution in [3.63, 3.8) is 0 Å². The average Bonchev–Trinajstić information content (AvgIpc) is 2.64. The van der Waals surface area contributed by atoms with E-state index >= 15 is 0 Å². The first-order valence-electron chi connectivity index (χ1n) is 7.93. The number of benzene rings is 2. The molecule has 0 aliphatic carbocycles. The summed E-state index contributed by atoms with van der Waals surface area (Å²) in [4.78, 5) is 36.0. The van der Waals surface area contributed by atoms with E-state index in [-0.39, 0.29) is 24.2 Å². The molecule has 0 spiro atoms. The SMILES string of the molecule is COc1cc(Cl)ccc1C(=O)NNC(=O)CCC(=O)c1ccc(C)cc1. The number of aryl methyl sites for hydroxylation is 1. The highest BCUT2D eigenvalue weighted by atomic mass is 35.5. The lowest BCUT2D eigenvalue weighted by molar-refractivity contribution is -0.121. The highest BCUT2D eigenvalue weighted by Gasteiger charge is 2.14. The Labute approximate surface area is 156 Å². The number of hydrogen-bond acceptors (Lipinski definition) is 4. The fraction of sp³-hybridized carbons (Fsp3) is 0.211. The van der Waals surface area contributed by atoms with Crippen molar-refractivity contribution in [3.8, 4) is 5.75 Å². The van der Waals surface area contributed by atoms with Crippen LogP contribution in [0.2, 0.25) is 5.02 Å². The van der Waals surface area contributed by atoms with Gasteiger partial charge in [-0.05, 0) is 25.1 Å². The number of hydrogen-bond donors (Lipinski definition) is 2. The van der Waals surface area contributed by atoms with Crippen molar-refractivity contribution in [1.82, 2.24) is 10.9 Å². The number of halogens is 1. The molecule has 0 saturated carbocycles. The summed E-state index contributed by atoms with van der Waals surface area (Å²) in [7, 11) is 1.41. The Bertz CT molecular complexity index is 819. The first-order valence-corrected chi connectivity index (χ1v) is 8.31.